The smallest absolute Gasteiger partial charge is 0.281 e. The van der Waals surface area contributed by atoms with Gasteiger partial charge in [0.1, 0.15) is 16.7 Å². The van der Waals surface area contributed by atoms with E-state index in [2.05, 4.69) is 16.2 Å². The second kappa shape index (κ2) is 11.3. The molecule has 2 aromatic carbocycles. The molecule has 5 N–H and O–H groups in total. The van der Waals surface area contributed by atoms with Crippen LogP contribution in [0.3, 0.4) is 0 Å². The molecular formula is C25H28N4O4S. The van der Waals surface area contributed by atoms with Crippen LogP contribution in [0.1, 0.15) is 40.8 Å². The summed E-state index contributed by atoms with van der Waals surface area (Å²) in [7, 11) is 0. The number of hydrogen-bond acceptors (Lipinski definition) is 6. The summed E-state index contributed by atoms with van der Waals surface area (Å²) < 4.78 is 5.38. The number of hydrazine groups is 1. The van der Waals surface area contributed by atoms with Crippen LogP contribution in [0.4, 0.5) is 5.69 Å². The Bertz CT molecular complexity index is 1140. The van der Waals surface area contributed by atoms with Crippen molar-refractivity contribution >= 4 is 34.7 Å². The van der Waals surface area contributed by atoms with Gasteiger partial charge in [-0.25, -0.2) is 0 Å². The molecule has 0 saturated carbocycles. The summed E-state index contributed by atoms with van der Waals surface area (Å²) in [5.74, 6) is -1.04. The molecule has 0 aliphatic heterocycles. The average Bonchev–Trinajstić information content (AvgIpc) is 3.23. The predicted molar refractivity (Wildman–Crippen MR) is 133 cm³/mol. The maximum atomic E-state index is 12.7. The monoisotopic (exact) mass is 480 g/mol. The Kier molecular flexibility index (Phi) is 8.26. The van der Waals surface area contributed by atoms with E-state index in [-0.39, 0.29) is 5.92 Å². The number of carbonyl (C=O) groups is 3. The van der Waals surface area contributed by atoms with Crippen molar-refractivity contribution in [2.24, 2.45) is 5.92 Å². The standard InChI is InChI=1S/C25H28N4O4S/c1-4-33-18-12-10-17(11-13-18)23(30)27-21(15(2)3)24(31)28-29-25(32)22-19(26)14-20(34-22)16-8-6-5-7-9-16/h5-15,21H,4,26H2,1-3H3,(H,27,30)(H,28,31)(H,29,32)/t21-/m0/s1. The summed E-state index contributed by atoms with van der Waals surface area (Å²) in [6.45, 7) is 6.00. The number of ether oxygens (including phenoxy) is 1. The first-order valence-electron chi connectivity index (χ1n) is 10.9. The van der Waals surface area contributed by atoms with Gasteiger partial charge in [-0.15, -0.1) is 11.3 Å². The third-order valence-electron chi connectivity index (χ3n) is 4.99. The highest BCUT2D eigenvalue weighted by Gasteiger charge is 2.26. The molecular weight excluding hydrogens is 452 g/mol. The summed E-state index contributed by atoms with van der Waals surface area (Å²) in [5, 5.41) is 2.72. The molecule has 0 bridgehead atoms. The quantitative estimate of drug-likeness (QED) is 0.367. The Morgan fingerprint density at radius 2 is 1.65 bits per heavy atom. The SMILES string of the molecule is CCOc1ccc(C(=O)N[C@H](C(=O)NNC(=O)c2sc(-c3ccccc3)cc2N)C(C)C)cc1. The number of amides is 3. The molecule has 1 atom stereocenters. The highest BCUT2D eigenvalue weighted by molar-refractivity contribution is 7.18. The number of carbonyl (C=O) groups excluding carboxylic acids is 3. The van der Waals surface area contributed by atoms with Crippen LogP contribution in [0.25, 0.3) is 10.4 Å². The highest BCUT2D eigenvalue weighted by Crippen LogP contribution is 2.32. The normalized spacial score (nSPS) is 11.5. The highest BCUT2D eigenvalue weighted by atomic mass is 32.1. The predicted octanol–water partition coefficient (Wildman–Crippen LogP) is 3.61. The van der Waals surface area contributed by atoms with E-state index in [0.717, 1.165) is 10.4 Å². The lowest BCUT2D eigenvalue weighted by molar-refractivity contribution is -0.124. The van der Waals surface area contributed by atoms with Gasteiger partial charge in [-0.1, -0.05) is 44.2 Å². The van der Waals surface area contributed by atoms with E-state index < -0.39 is 23.8 Å². The Morgan fingerprint density at radius 1 is 0.971 bits per heavy atom. The van der Waals surface area contributed by atoms with E-state index in [9.17, 15) is 14.4 Å². The molecule has 8 nitrogen and oxygen atoms in total. The average molecular weight is 481 g/mol. The first kappa shape index (κ1) is 24.8. The van der Waals surface area contributed by atoms with Gasteiger partial charge in [-0.05, 0) is 48.7 Å². The van der Waals surface area contributed by atoms with Crippen molar-refractivity contribution < 1.29 is 19.1 Å². The van der Waals surface area contributed by atoms with Crippen LogP contribution in [0.15, 0.2) is 60.7 Å². The van der Waals surface area contributed by atoms with Gasteiger partial charge in [0.2, 0.25) is 0 Å². The Morgan fingerprint density at radius 3 is 2.26 bits per heavy atom. The van der Waals surface area contributed by atoms with Gasteiger partial charge in [0.25, 0.3) is 17.7 Å². The molecule has 3 aromatic rings. The number of nitrogen functional groups attached to an aromatic ring is 1. The molecule has 0 radical (unpaired) electrons. The van der Waals surface area contributed by atoms with Crippen molar-refractivity contribution in [2.45, 2.75) is 26.8 Å². The van der Waals surface area contributed by atoms with Gasteiger partial charge in [-0.3, -0.25) is 25.2 Å². The van der Waals surface area contributed by atoms with Crippen LogP contribution < -0.4 is 26.6 Å². The summed E-state index contributed by atoms with van der Waals surface area (Å²) in [6, 6.07) is 17.1. The lowest BCUT2D eigenvalue weighted by Crippen LogP contribution is -2.54. The summed E-state index contributed by atoms with van der Waals surface area (Å²) >= 11 is 1.23. The minimum Gasteiger partial charge on any atom is -0.494 e. The second-order valence-corrected chi connectivity index (χ2v) is 8.91. The largest absolute Gasteiger partial charge is 0.494 e. The van der Waals surface area contributed by atoms with Gasteiger partial charge in [0.05, 0.1) is 12.3 Å². The molecule has 0 fully saturated rings. The number of anilines is 1. The third-order valence-corrected chi connectivity index (χ3v) is 6.19. The summed E-state index contributed by atoms with van der Waals surface area (Å²) in [6.07, 6.45) is 0. The molecule has 178 valence electrons. The number of nitrogens with one attached hydrogen (secondary N) is 3. The zero-order chi connectivity index (χ0) is 24.7. The molecule has 3 rings (SSSR count). The zero-order valence-electron chi connectivity index (χ0n) is 19.3. The van der Waals surface area contributed by atoms with E-state index >= 15 is 0 Å². The van der Waals surface area contributed by atoms with E-state index in [1.54, 1.807) is 44.2 Å². The van der Waals surface area contributed by atoms with E-state index in [1.807, 2.05) is 37.3 Å². The van der Waals surface area contributed by atoms with Gasteiger partial charge >= 0.3 is 0 Å². The number of nitrogens with two attached hydrogens (primary N) is 1. The van der Waals surface area contributed by atoms with Crippen molar-refractivity contribution in [2.75, 3.05) is 12.3 Å². The fourth-order valence-corrected chi connectivity index (χ4v) is 4.19. The van der Waals surface area contributed by atoms with Gasteiger partial charge < -0.3 is 15.8 Å². The van der Waals surface area contributed by atoms with Crippen LogP contribution in [-0.4, -0.2) is 30.4 Å². The van der Waals surface area contributed by atoms with E-state index in [1.165, 1.54) is 11.3 Å². The topological polar surface area (TPSA) is 123 Å². The van der Waals surface area contributed by atoms with Crippen molar-refractivity contribution in [3.63, 3.8) is 0 Å². The van der Waals surface area contributed by atoms with Gasteiger partial charge in [0, 0.05) is 10.4 Å². The van der Waals surface area contributed by atoms with Crippen molar-refractivity contribution in [3.05, 3.63) is 71.1 Å². The second-order valence-electron chi connectivity index (χ2n) is 7.86. The Balaban J connectivity index is 1.62. The van der Waals surface area contributed by atoms with Crippen LogP contribution in [-0.2, 0) is 4.79 Å². The minimum atomic E-state index is -0.861. The molecule has 0 spiro atoms. The molecule has 0 aliphatic carbocycles. The molecule has 0 saturated heterocycles. The van der Waals surface area contributed by atoms with Crippen LogP contribution in [0, 0.1) is 5.92 Å². The number of hydrogen-bond donors (Lipinski definition) is 4. The molecule has 0 aliphatic rings. The van der Waals surface area contributed by atoms with Crippen molar-refractivity contribution in [1.29, 1.82) is 0 Å². The molecule has 34 heavy (non-hydrogen) atoms. The minimum absolute atomic E-state index is 0.222. The van der Waals surface area contributed by atoms with Crippen molar-refractivity contribution in [1.82, 2.24) is 16.2 Å². The van der Waals surface area contributed by atoms with Crippen molar-refractivity contribution in [3.8, 4) is 16.2 Å². The molecule has 0 unspecified atom stereocenters. The van der Waals surface area contributed by atoms with Gasteiger partial charge in [0.15, 0.2) is 0 Å². The van der Waals surface area contributed by atoms with E-state index in [0.29, 0.717) is 28.5 Å². The van der Waals surface area contributed by atoms with E-state index in [4.69, 9.17) is 10.5 Å². The van der Waals surface area contributed by atoms with Crippen LogP contribution >= 0.6 is 11.3 Å². The van der Waals surface area contributed by atoms with Crippen LogP contribution in [0.2, 0.25) is 0 Å². The first-order chi connectivity index (χ1) is 16.3. The zero-order valence-corrected chi connectivity index (χ0v) is 20.1. The maximum absolute atomic E-state index is 12.7. The lowest BCUT2D eigenvalue weighted by Gasteiger charge is -2.22. The van der Waals surface area contributed by atoms with Crippen LogP contribution in [0.5, 0.6) is 5.75 Å². The molecule has 1 heterocycles. The third kappa shape index (κ3) is 6.14. The number of benzene rings is 2. The Labute approximate surface area is 202 Å². The number of thiophene rings is 1. The first-order valence-corrected chi connectivity index (χ1v) is 11.7. The maximum Gasteiger partial charge on any atom is 0.281 e. The lowest BCUT2D eigenvalue weighted by atomic mass is 10.0. The fourth-order valence-electron chi connectivity index (χ4n) is 3.21. The summed E-state index contributed by atoms with van der Waals surface area (Å²) in [4.78, 5) is 39.2. The number of rotatable bonds is 8. The fraction of sp³-hybridized carbons (Fsp3) is 0.240. The Hall–Kier alpha value is -3.85. The van der Waals surface area contributed by atoms with Gasteiger partial charge in [-0.2, -0.15) is 0 Å². The molecule has 3 amide bonds. The molecule has 1 aromatic heterocycles. The summed E-state index contributed by atoms with van der Waals surface area (Å²) in [5.41, 5.74) is 12.5. The molecule has 9 heteroatoms.